The first-order chi connectivity index (χ1) is 9.25. The van der Waals surface area contributed by atoms with Crippen LogP contribution in [0, 0.1) is 6.92 Å². The molecule has 0 bridgehead atoms. The number of para-hydroxylation sites is 1. The minimum Gasteiger partial charge on any atom is -0.307 e. The molecule has 2 heterocycles. The first-order valence-corrected chi connectivity index (χ1v) is 8.16. The van der Waals surface area contributed by atoms with E-state index in [9.17, 15) is 4.79 Å². The quantitative estimate of drug-likeness (QED) is 0.784. The summed E-state index contributed by atoms with van der Waals surface area (Å²) in [5.74, 6) is 1.21. The third-order valence-corrected chi connectivity index (χ3v) is 5.27. The number of amides is 1. The van der Waals surface area contributed by atoms with Gasteiger partial charge in [0, 0.05) is 16.3 Å². The third kappa shape index (κ3) is 2.55. The van der Waals surface area contributed by atoms with E-state index in [0.717, 1.165) is 29.3 Å². The number of hydrogen-bond donors (Lipinski definition) is 0. The molecule has 1 aliphatic rings. The van der Waals surface area contributed by atoms with E-state index in [4.69, 9.17) is 0 Å². The van der Waals surface area contributed by atoms with Gasteiger partial charge in [0.25, 0.3) is 5.91 Å². The van der Waals surface area contributed by atoms with E-state index in [1.807, 2.05) is 53.9 Å². The topological polar surface area (TPSA) is 20.3 Å². The number of thiophene rings is 1. The van der Waals surface area contributed by atoms with Crippen molar-refractivity contribution in [2.45, 2.75) is 18.2 Å². The fourth-order valence-electron chi connectivity index (χ4n) is 2.22. The molecule has 0 aliphatic carbocycles. The molecule has 0 N–H and O–H groups in total. The number of thioether (sulfide) groups is 1. The summed E-state index contributed by atoms with van der Waals surface area (Å²) in [4.78, 5) is 17.8. The molecule has 0 fully saturated rings. The highest BCUT2D eigenvalue weighted by Crippen LogP contribution is 2.34. The van der Waals surface area contributed by atoms with Gasteiger partial charge in [-0.3, -0.25) is 4.79 Å². The van der Waals surface area contributed by atoms with Crippen LogP contribution in [0.15, 0.2) is 41.3 Å². The van der Waals surface area contributed by atoms with Crippen LogP contribution in [-0.2, 0) is 0 Å². The lowest BCUT2D eigenvalue weighted by atomic mass is 10.2. The maximum atomic E-state index is 12.7. The lowest BCUT2D eigenvalue weighted by Crippen LogP contribution is -2.31. The normalized spacial score (nSPS) is 14.9. The molecule has 0 radical (unpaired) electrons. The molecular formula is C15H15NOS2. The van der Waals surface area contributed by atoms with Crippen molar-refractivity contribution in [2.24, 2.45) is 0 Å². The van der Waals surface area contributed by atoms with E-state index < -0.39 is 0 Å². The van der Waals surface area contributed by atoms with Gasteiger partial charge in [0.1, 0.15) is 0 Å². The van der Waals surface area contributed by atoms with Gasteiger partial charge in [0.15, 0.2) is 0 Å². The van der Waals surface area contributed by atoms with Gasteiger partial charge in [-0.2, -0.15) is 0 Å². The Morgan fingerprint density at radius 3 is 2.84 bits per heavy atom. The molecule has 0 unspecified atom stereocenters. The zero-order valence-electron chi connectivity index (χ0n) is 10.8. The van der Waals surface area contributed by atoms with Crippen LogP contribution in [0.4, 0.5) is 5.69 Å². The van der Waals surface area contributed by atoms with Crippen LogP contribution >= 0.6 is 23.1 Å². The Hall–Kier alpha value is -1.26. The highest BCUT2D eigenvalue weighted by atomic mass is 32.2. The molecular weight excluding hydrogens is 274 g/mol. The van der Waals surface area contributed by atoms with Crippen molar-refractivity contribution in [1.29, 1.82) is 0 Å². The Morgan fingerprint density at radius 1 is 1.21 bits per heavy atom. The van der Waals surface area contributed by atoms with Crippen molar-refractivity contribution in [3.63, 3.8) is 0 Å². The zero-order chi connectivity index (χ0) is 13.2. The fourth-order valence-corrected chi connectivity index (χ4v) is 4.03. The van der Waals surface area contributed by atoms with Gasteiger partial charge in [-0.15, -0.1) is 23.1 Å². The molecule has 1 aromatic heterocycles. The SMILES string of the molecule is Cc1ccc(C(=O)N2CCCSc3ccccc32)s1. The summed E-state index contributed by atoms with van der Waals surface area (Å²) in [6, 6.07) is 12.1. The highest BCUT2D eigenvalue weighted by Gasteiger charge is 2.23. The summed E-state index contributed by atoms with van der Waals surface area (Å²) in [6.07, 6.45) is 1.04. The number of benzene rings is 1. The predicted octanol–water partition coefficient (Wildman–Crippen LogP) is 4.20. The Bertz CT molecular complexity index is 606. The van der Waals surface area contributed by atoms with Gasteiger partial charge in [-0.05, 0) is 43.4 Å². The molecule has 2 aromatic rings. The van der Waals surface area contributed by atoms with E-state index >= 15 is 0 Å². The molecule has 19 heavy (non-hydrogen) atoms. The Balaban J connectivity index is 1.98. The van der Waals surface area contributed by atoms with Crippen LogP contribution in [0.25, 0.3) is 0 Å². The largest absolute Gasteiger partial charge is 0.307 e. The van der Waals surface area contributed by atoms with Crippen molar-refractivity contribution < 1.29 is 4.79 Å². The van der Waals surface area contributed by atoms with Crippen LogP contribution in [-0.4, -0.2) is 18.2 Å². The maximum Gasteiger partial charge on any atom is 0.268 e. The van der Waals surface area contributed by atoms with Crippen LogP contribution < -0.4 is 4.90 Å². The molecule has 2 nitrogen and oxygen atoms in total. The number of aryl methyl sites for hydroxylation is 1. The van der Waals surface area contributed by atoms with E-state index in [-0.39, 0.29) is 5.91 Å². The van der Waals surface area contributed by atoms with Crippen LogP contribution in [0.3, 0.4) is 0 Å². The third-order valence-electron chi connectivity index (χ3n) is 3.14. The second kappa shape index (κ2) is 5.39. The number of carbonyl (C=O) groups is 1. The van der Waals surface area contributed by atoms with Crippen molar-refractivity contribution >= 4 is 34.7 Å². The zero-order valence-corrected chi connectivity index (χ0v) is 12.4. The average molecular weight is 289 g/mol. The number of fused-ring (bicyclic) bond motifs is 1. The maximum absolute atomic E-state index is 12.7. The summed E-state index contributed by atoms with van der Waals surface area (Å²) in [5.41, 5.74) is 1.06. The molecule has 1 aliphatic heterocycles. The molecule has 0 saturated heterocycles. The summed E-state index contributed by atoms with van der Waals surface area (Å²) in [5, 5.41) is 0. The summed E-state index contributed by atoms with van der Waals surface area (Å²) < 4.78 is 0. The van der Waals surface area contributed by atoms with Crippen LogP contribution in [0.2, 0.25) is 0 Å². The molecule has 0 spiro atoms. The molecule has 1 amide bonds. The summed E-state index contributed by atoms with van der Waals surface area (Å²) in [7, 11) is 0. The fraction of sp³-hybridized carbons (Fsp3) is 0.267. The van der Waals surface area contributed by atoms with Crippen molar-refractivity contribution in [3.8, 4) is 0 Å². The van der Waals surface area contributed by atoms with Crippen molar-refractivity contribution in [1.82, 2.24) is 0 Å². The number of nitrogens with zero attached hydrogens (tertiary/aromatic N) is 1. The van der Waals surface area contributed by atoms with Gasteiger partial charge in [-0.1, -0.05) is 12.1 Å². The number of carbonyl (C=O) groups excluding carboxylic acids is 1. The minimum atomic E-state index is 0.132. The van der Waals surface area contributed by atoms with Crippen LogP contribution in [0.1, 0.15) is 21.0 Å². The van der Waals surface area contributed by atoms with Gasteiger partial charge in [-0.25, -0.2) is 0 Å². The van der Waals surface area contributed by atoms with E-state index in [2.05, 4.69) is 6.07 Å². The van der Waals surface area contributed by atoms with Crippen molar-refractivity contribution in [3.05, 3.63) is 46.2 Å². The minimum absolute atomic E-state index is 0.132. The van der Waals surface area contributed by atoms with Crippen molar-refractivity contribution in [2.75, 3.05) is 17.2 Å². The number of hydrogen-bond acceptors (Lipinski definition) is 3. The Labute approximate surface area is 121 Å². The molecule has 0 atom stereocenters. The number of rotatable bonds is 1. The van der Waals surface area contributed by atoms with E-state index in [1.54, 1.807) is 11.3 Å². The van der Waals surface area contributed by atoms with Gasteiger partial charge < -0.3 is 4.90 Å². The summed E-state index contributed by atoms with van der Waals surface area (Å²) in [6.45, 7) is 2.84. The van der Waals surface area contributed by atoms with E-state index in [1.165, 1.54) is 9.77 Å². The summed E-state index contributed by atoms with van der Waals surface area (Å²) >= 11 is 3.41. The second-order valence-electron chi connectivity index (χ2n) is 4.54. The van der Waals surface area contributed by atoms with Crippen LogP contribution in [0.5, 0.6) is 0 Å². The molecule has 1 aromatic carbocycles. The standard InChI is InChI=1S/C15H15NOS2/c1-11-7-8-14(19-11)15(17)16-9-4-10-18-13-6-3-2-5-12(13)16/h2-3,5-8H,4,9-10H2,1H3. The Kier molecular flexibility index (Phi) is 3.62. The molecule has 4 heteroatoms. The smallest absolute Gasteiger partial charge is 0.268 e. The van der Waals surface area contributed by atoms with Gasteiger partial charge in [0.2, 0.25) is 0 Å². The molecule has 3 rings (SSSR count). The lowest BCUT2D eigenvalue weighted by molar-refractivity contribution is 0.0990. The second-order valence-corrected chi connectivity index (χ2v) is 6.96. The highest BCUT2D eigenvalue weighted by molar-refractivity contribution is 7.99. The first-order valence-electron chi connectivity index (χ1n) is 6.36. The monoisotopic (exact) mass is 289 g/mol. The number of anilines is 1. The van der Waals surface area contributed by atoms with Gasteiger partial charge >= 0.3 is 0 Å². The van der Waals surface area contributed by atoms with Gasteiger partial charge in [0.05, 0.1) is 10.6 Å². The Morgan fingerprint density at radius 2 is 2.05 bits per heavy atom. The average Bonchev–Trinajstić information content (AvgIpc) is 2.74. The predicted molar refractivity (Wildman–Crippen MR) is 82.5 cm³/mol. The van der Waals surface area contributed by atoms with E-state index in [0.29, 0.717) is 0 Å². The first kappa shape index (κ1) is 12.8. The molecule has 0 saturated carbocycles. The molecule has 98 valence electrons. The lowest BCUT2D eigenvalue weighted by Gasteiger charge is -2.21.